The summed E-state index contributed by atoms with van der Waals surface area (Å²) in [5.41, 5.74) is 0.720. The molecule has 30 heavy (non-hydrogen) atoms. The zero-order valence-corrected chi connectivity index (χ0v) is 17.3. The number of hydrogen-bond acceptors (Lipinski definition) is 6. The number of aryl methyl sites for hydroxylation is 1. The molecule has 160 valence electrons. The summed E-state index contributed by atoms with van der Waals surface area (Å²) in [5, 5.41) is 2.20. The van der Waals surface area contributed by atoms with Gasteiger partial charge in [-0.25, -0.2) is 13.2 Å². The van der Waals surface area contributed by atoms with E-state index in [1.54, 1.807) is 30.3 Å². The Morgan fingerprint density at radius 3 is 2.70 bits per heavy atom. The fourth-order valence-corrected chi connectivity index (χ4v) is 5.07. The lowest BCUT2D eigenvalue weighted by Gasteiger charge is -2.14. The van der Waals surface area contributed by atoms with Crippen LogP contribution < -0.4 is 10.1 Å². The molecule has 1 aliphatic heterocycles. The van der Waals surface area contributed by atoms with Gasteiger partial charge in [-0.3, -0.25) is 10.1 Å². The van der Waals surface area contributed by atoms with Crippen LogP contribution in [0.3, 0.4) is 0 Å². The summed E-state index contributed by atoms with van der Waals surface area (Å²) < 4.78 is 36.9. The van der Waals surface area contributed by atoms with Crippen molar-refractivity contribution in [3.05, 3.63) is 47.9 Å². The van der Waals surface area contributed by atoms with Gasteiger partial charge in [-0.05, 0) is 61.9 Å². The maximum Gasteiger partial charge on any atom is 0.324 e. The smallest absolute Gasteiger partial charge is 0.324 e. The average molecular weight is 432 g/mol. The van der Waals surface area contributed by atoms with E-state index in [-0.39, 0.29) is 42.2 Å². The number of benzene rings is 1. The molecule has 0 bridgehead atoms. The lowest BCUT2D eigenvalue weighted by atomic mass is 10.2. The Bertz CT molecular complexity index is 1040. The molecule has 2 heterocycles. The van der Waals surface area contributed by atoms with Crippen LogP contribution in [0.25, 0.3) is 0 Å². The Hall–Kier alpha value is -2.81. The summed E-state index contributed by atoms with van der Waals surface area (Å²) >= 11 is 0. The predicted octanol–water partition coefficient (Wildman–Crippen LogP) is 2.67. The highest BCUT2D eigenvalue weighted by Gasteiger charge is 2.27. The van der Waals surface area contributed by atoms with Crippen LogP contribution in [0.15, 0.2) is 45.9 Å². The minimum absolute atomic E-state index is 0.0114. The molecule has 1 N–H and O–H groups in total. The summed E-state index contributed by atoms with van der Waals surface area (Å²) in [6.45, 7) is 0.146. The minimum Gasteiger partial charge on any atom is -0.490 e. The van der Waals surface area contributed by atoms with E-state index in [1.807, 2.05) is 0 Å². The van der Waals surface area contributed by atoms with Gasteiger partial charge in [0.25, 0.3) is 0 Å². The van der Waals surface area contributed by atoms with Crippen molar-refractivity contribution in [3.63, 3.8) is 0 Å². The number of rotatable bonds is 8. The van der Waals surface area contributed by atoms with E-state index >= 15 is 0 Å². The molecule has 0 unspecified atom stereocenters. The normalized spacial score (nSPS) is 17.5. The third-order valence-corrected chi connectivity index (χ3v) is 7.07. The number of imide groups is 1. The van der Waals surface area contributed by atoms with Gasteiger partial charge in [-0.1, -0.05) is 6.07 Å². The lowest BCUT2D eigenvalue weighted by Crippen LogP contribution is -2.27. The van der Waals surface area contributed by atoms with Gasteiger partial charge in [0.15, 0.2) is 9.84 Å². The van der Waals surface area contributed by atoms with E-state index in [4.69, 9.17) is 9.15 Å². The predicted molar refractivity (Wildman–Crippen MR) is 108 cm³/mol. The van der Waals surface area contributed by atoms with E-state index in [1.165, 1.54) is 11.2 Å². The molecular formula is C21H24N2O6S. The third-order valence-electron chi connectivity index (χ3n) is 5.35. The molecule has 0 atom stereocenters. The summed E-state index contributed by atoms with van der Waals surface area (Å²) in [7, 11) is -3.48. The first-order chi connectivity index (χ1) is 14.4. The SMILES string of the molecule is O=C1CN(Cc2cc(CCS(=O)(=O)c3cccc(OC4CCCC4)c3)co2)C(=O)N1. The van der Waals surface area contributed by atoms with Crippen molar-refractivity contribution in [1.82, 2.24) is 10.2 Å². The van der Waals surface area contributed by atoms with E-state index in [0.717, 1.165) is 31.2 Å². The Morgan fingerprint density at radius 1 is 1.17 bits per heavy atom. The number of carbonyl (C=O) groups is 2. The fraction of sp³-hybridized carbons (Fsp3) is 0.429. The summed E-state index contributed by atoms with van der Waals surface area (Å²) in [6.07, 6.45) is 6.24. The van der Waals surface area contributed by atoms with Crippen LogP contribution in [0.2, 0.25) is 0 Å². The van der Waals surface area contributed by atoms with Gasteiger partial charge in [0.05, 0.1) is 29.6 Å². The van der Waals surface area contributed by atoms with Gasteiger partial charge in [0, 0.05) is 0 Å². The molecule has 0 spiro atoms. The van der Waals surface area contributed by atoms with Gasteiger partial charge in [-0.2, -0.15) is 0 Å². The molecule has 2 fully saturated rings. The molecule has 3 amide bonds. The molecule has 9 heteroatoms. The van der Waals surface area contributed by atoms with Crippen molar-refractivity contribution in [2.45, 2.75) is 49.6 Å². The highest BCUT2D eigenvalue weighted by Crippen LogP contribution is 2.26. The standard InChI is InChI=1S/C21H24N2O6S/c24-20-13-23(21(25)22-20)12-18-10-15(14-28-18)8-9-30(26,27)19-7-3-6-17(11-19)29-16-4-1-2-5-16/h3,6-7,10-11,14,16H,1-2,4-5,8-9,12-13H2,(H,22,24,25). The molecule has 4 rings (SSSR count). The van der Waals surface area contributed by atoms with Gasteiger partial charge in [0.2, 0.25) is 5.91 Å². The van der Waals surface area contributed by atoms with Gasteiger partial charge < -0.3 is 14.1 Å². The Balaban J connectivity index is 1.35. The minimum atomic E-state index is -3.48. The molecule has 2 aliphatic rings. The van der Waals surface area contributed by atoms with Crippen LogP contribution >= 0.6 is 0 Å². The van der Waals surface area contributed by atoms with Crippen LogP contribution in [-0.2, 0) is 27.6 Å². The summed E-state index contributed by atoms with van der Waals surface area (Å²) in [4.78, 5) is 24.4. The first-order valence-corrected chi connectivity index (χ1v) is 11.7. The van der Waals surface area contributed by atoms with Gasteiger partial charge in [-0.15, -0.1) is 0 Å². The maximum atomic E-state index is 12.8. The first kappa shape index (κ1) is 20.5. The number of sulfone groups is 1. The molecular weight excluding hydrogens is 408 g/mol. The molecule has 1 aromatic heterocycles. The van der Waals surface area contributed by atoms with E-state index in [9.17, 15) is 18.0 Å². The van der Waals surface area contributed by atoms with Crippen LogP contribution in [0.1, 0.15) is 37.0 Å². The highest BCUT2D eigenvalue weighted by molar-refractivity contribution is 7.91. The molecule has 1 saturated carbocycles. The highest BCUT2D eigenvalue weighted by atomic mass is 32.2. The Kier molecular flexibility index (Phi) is 5.80. The monoisotopic (exact) mass is 432 g/mol. The molecule has 0 radical (unpaired) electrons. The van der Waals surface area contributed by atoms with Crippen molar-refractivity contribution in [1.29, 1.82) is 0 Å². The number of nitrogens with one attached hydrogen (secondary N) is 1. The largest absolute Gasteiger partial charge is 0.490 e. The van der Waals surface area contributed by atoms with Crippen LogP contribution in [0.4, 0.5) is 4.79 Å². The number of furan rings is 1. The second-order valence-electron chi connectivity index (χ2n) is 7.70. The molecule has 8 nitrogen and oxygen atoms in total. The second kappa shape index (κ2) is 8.51. The van der Waals surface area contributed by atoms with Crippen molar-refractivity contribution < 1.29 is 27.2 Å². The number of urea groups is 1. The number of hydrogen-bond donors (Lipinski definition) is 1. The summed E-state index contributed by atoms with van der Waals surface area (Å²) in [6, 6.07) is 7.93. The van der Waals surface area contributed by atoms with Crippen LogP contribution in [0, 0.1) is 0 Å². The van der Waals surface area contributed by atoms with Gasteiger partial charge >= 0.3 is 6.03 Å². The summed E-state index contributed by atoms with van der Waals surface area (Å²) in [5.74, 6) is 0.671. The molecule has 1 saturated heterocycles. The fourth-order valence-electron chi connectivity index (χ4n) is 3.75. The van der Waals surface area contributed by atoms with E-state index in [2.05, 4.69) is 5.32 Å². The van der Waals surface area contributed by atoms with Gasteiger partial charge in [0.1, 0.15) is 18.1 Å². The lowest BCUT2D eigenvalue weighted by molar-refractivity contribution is -0.118. The number of nitrogens with zero attached hydrogens (tertiary/aromatic N) is 1. The Morgan fingerprint density at radius 2 is 1.97 bits per heavy atom. The van der Waals surface area contributed by atoms with E-state index < -0.39 is 15.9 Å². The number of amides is 3. The second-order valence-corrected chi connectivity index (χ2v) is 9.81. The van der Waals surface area contributed by atoms with Crippen molar-refractivity contribution in [2.75, 3.05) is 12.3 Å². The maximum absolute atomic E-state index is 12.8. The van der Waals surface area contributed by atoms with Crippen LogP contribution in [0.5, 0.6) is 5.75 Å². The van der Waals surface area contributed by atoms with Crippen molar-refractivity contribution >= 4 is 21.8 Å². The molecule has 1 aliphatic carbocycles. The zero-order valence-electron chi connectivity index (χ0n) is 16.5. The van der Waals surface area contributed by atoms with E-state index in [0.29, 0.717) is 11.5 Å². The molecule has 1 aromatic carbocycles. The quantitative estimate of drug-likeness (QED) is 0.643. The Labute approximate surface area is 175 Å². The number of carbonyl (C=O) groups excluding carboxylic acids is 2. The van der Waals surface area contributed by atoms with Crippen molar-refractivity contribution in [2.24, 2.45) is 0 Å². The average Bonchev–Trinajstić information content (AvgIpc) is 3.44. The van der Waals surface area contributed by atoms with Crippen LogP contribution in [-0.4, -0.2) is 43.7 Å². The third kappa shape index (κ3) is 4.84. The first-order valence-electron chi connectivity index (χ1n) is 10.0. The van der Waals surface area contributed by atoms with Crippen molar-refractivity contribution in [3.8, 4) is 5.75 Å². The molecule has 2 aromatic rings. The zero-order chi connectivity index (χ0) is 21.1. The number of ether oxygens (including phenoxy) is 1. The topological polar surface area (TPSA) is 106 Å².